The number of benzene rings is 1. The van der Waals surface area contributed by atoms with Crippen molar-refractivity contribution in [1.82, 2.24) is 4.90 Å². The van der Waals surface area contributed by atoms with Gasteiger partial charge in [-0.2, -0.15) is 0 Å². The van der Waals surface area contributed by atoms with Gasteiger partial charge in [0.25, 0.3) is 11.1 Å². The number of amides is 2. The highest BCUT2D eigenvalue weighted by Crippen LogP contribution is 2.35. The third-order valence-corrected chi connectivity index (χ3v) is 4.70. The van der Waals surface area contributed by atoms with E-state index in [0.29, 0.717) is 23.5 Å². The third-order valence-electron chi connectivity index (χ3n) is 3.79. The van der Waals surface area contributed by atoms with Crippen molar-refractivity contribution < 1.29 is 28.6 Å². The Kier molecular flexibility index (Phi) is 6.68. The fraction of sp³-hybridized carbons (Fsp3) is 0.389. The largest absolute Gasteiger partial charge is 0.497 e. The minimum atomic E-state index is -0.609. The van der Waals surface area contributed by atoms with Crippen LogP contribution in [0.4, 0.5) is 4.79 Å². The van der Waals surface area contributed by atoms with Crippen molar-refractivity contribution in [3.63, 3.8) is 0 Å². The number of thioether (sulfide) groups is 1. The van der Waals surface area contributed by atoms with Crippen LogP contribution in [-0.4, -0.2) is 48.9 Å². The molecule has 0 aliphatic carbocycles. The van der Waals surface area contributed by atoms with Gasteiger partial charge < -0.3 is 14.2 Å². The third kappa shape index (κ3) is 4.57. The molecule has 1 atom stereocenters. The molecule has 26 heavy (non-hydrogen) atoms. The summed E-state index contributed by atoms with van der Waals surface area (Å²) in [6.07, 6.45) is 1.94. The van der Waals surface area contributed by atoms with Gasteiger partial charge in [-0.05, 0) is 49.4 Å². The Bertz CT molecular complexity index is 745. The number of hydrogen-bond acceptors (Lipinski definition) is 7. The molecule has 1 aliphatic heterocycles. The summed E-state index contributed by atoms with van der Waals surface area (Å²) in [4.78, 5) is 37.6. The van der Waals surface area contributed by atoms with E-state index in [9.17, 15) is 14.4 Å². The van der Waals surface area contributed by atoms with E-state index in [1.165, 1.54) is 14.2 Å². The molecule has 0 aromatic heterocycles. The Labute approximate surface area is 156 Å². The topological polar surface area (TPSA) is 82.1 Å². The molecule has 0 radical (unpaired) electrons. The lowest BCUT2D eigenvalue weighted by Crippen LogP contribution is -2.35. The molecule has 0 saturated carbocycles. The summed E-state index contributed by atoms with van der Waals surface area (Å²) >= 11 is 0.770. The zero-order chi connectivity index (χ0) is 19.3. The van der Waals surface area contributed by atoms with E-state index >= 15 is 0 Å². The summed E-state index contributed by atoms with van der Waals surface area (Å²) in [6.45, 7) is 3.23. The van der Waals surface area contributed by atoms with Gasteiger partial charge in [0, 0.05) is 5.56 Å². The van der Waals surface area contributed by atoms with Crippen molar-refractivity contribution >= 4 is 35.0 Å². The Morgan fingerprint density at radius 3 is 2.62 bits per heavy atom. The molecule has 2 amide bonds. The zero-order valence-electron chi connectivity index (χ0n) is 15.1. The molecule has 1 aromatic rings. The van der Waals surface area contributed by atoms with Crippen LogP contribution in [0.2, 0.25) is 0 Å². The maximum atomic E-state index is 12.5. The van der Waals surface area contributed by atoms with Crippen molar-refractivity contribution in [2.75, 3.05) is 20.8 Å². The second kappa shape index (κ2) is 8.75. The van der Waals surface area contributed by atoms with Gasteiger partial charge in [0.1, 0.15) is 18.0 Å². The monoisotopic (exact) mass is 379 g/mol. The first-order valence-corrected chi connectivity index (χ1v) is 8.88. The standard InChI is InChI=1S/C18H21NO6S/c1-5-11(2)25-16(20)10-19-17(21)15(26-18(19)22)9-12-8-13(23-3)6-7-14(12)24-4/h6-9,11H,5,10H2,1-4H3/b15-9+/t11-/m1/s1. The number of imide groups is 1. The number of hydrogen-bond donors (Lipinski definition) is 0. The lowest BCUT2D eigenvalue weighted by atomic mass is 10.1. The van der Waals surface area contributed by atoms with Gasteiger partial charge in [-0.1, -0.05) is 6.92 Å². The zero-order valence-corrected chi connectivity index (χ0v) is 15.9. The summed E-state index contributed by atoms with van der Waals surface area (Å²) in [5.41, 5.74) is 0.597. The molecule has 7 nitrogen and oxygen atoms in total. The molecule has 0 bridgehead atoms. The highest BCUT2D eigenvalue weighted by molar-refractivity contribution is 8.18. The number of methoxy groups -OCH3 is 2. The van der Waals surface area contributed by atoms with Crippen molar-refractivity contribution in [3.8, 4) is 11.5 Å². The molecule has 1 aromatic carbocycles. The predicted molar refractivity (Wildman–Crippen MR) is 98.1 cm³/mol. The lowest BCUT2D eigenvalue weighted by Gasteiger charge is -2.14. The van der Waals surface area contributed by atoms with Gasteiger partial charge in [0.15, 0.2) is 0 Å². The Balaban J connectivity index is 2.20. The minimum Gasteiger partial charge on any atom is -0.497 e. The Morgan fingerprint density at radius 1 is 1.27 bits per heavy atom. The van der Waals surface area contributed by atoms with E-state index in [4.69, 9.17) is 14.2 Å². The van der Waals surface area contributed by atoms with Crippen LogP contribution in [0.25, 0.3) is 6.08 Å². The molecule has 1 aliphatic rings. The molecule has 1 saturated heterocycles. The number of esters is 1. The molecule has 0 spiro atoms. The molecule has 0 unspecified atom stereocenters. The molecule has 2 rings (SSSR count). The Hall–Kier alpha value is -2.48. The summed E-state index contributed by atoms with van der Waals surface area (Å²) in [5, 5.41) is -0.510. The number of rotatable bonds is 7. The highest BCUT2D eigenvalue weighted by atomic mass is 32.2. The van der Waals surface area contributed by atoms with Gasteiger partial charge in [-0.3, -0.25) is 19.3 Å². The molecule has 0 N–H and O–H groups in total. The second-order valence-corrected chi connectivity index (χ2v) is 6.58. The van der Waals surface area contributed by atoms with Crippen molar-refractivity contribution in [3.05, 3.63) is 28.7 Å². The number of carbonyl (C=O) groups is 3. The van der Waals surface area contributed by atoms with Crippen LogP contribution in [0.15, 0.2) is 23.1 Å². The predicted octanol–water partition coefficient (Wildman–Crippen LogP) is 3.08. The van der Waals surface area contributed by atoms with Crippen molar-refractivity contribution in [2.45, 2.75) is 26.4 Å². The first-order valence-electron chi connectivity index (χ1n) is 8.06. The van der Waals surface area contributed by atoms with Crippen LogP contribution in [0, 0.1) is 0 Å². The van der Waals surface area contributed by atoms with Crippen LogP contribution < -0.4 is 9.47 Å². The van der Waals surface area contributed by atoms with E-state index in [-0.39, 0.29) is 11.0 Å². The van der Waals surface area contributed by atoms with Crippen molar-refractivity contribution in [2.24, 2.45) is 0 Å². The van der Waals surface area contributed by atoms with Gasteiger partial charge in [-0.25, -0.2) is 0 Å². The average molecular weight is 379 g/mol. The quantitative estimate of drug-likeness (QED) is 0.532. The number of nitrogens with zero attached hydrogens (tertiary/aromatic N) is 1. The van der Waals surface area contributed by atoms with Crippen LogP contribution in [-0.2, 0) is 14.3 Å². The van der Waals surface area contributed by atoms with Crippen molar-refractivity contribution in [1.29, 1.82) is 0 Å². The summed E-state index contributed by atoms with van der Waals surface area (Å²) in [5.74, 6) is -0.0185. The van der Waals surface area contributed by atoms with E-state index < -0.39 is 23.7 Å². The summed E-state index contributed by atoms with van der Waals surface area (Å²) in [7, 11) is 3.04. The molecular weight excluding hydrogens is 358 g/mol. The average Bonchev–Trinajstić information content (AvgIpc) is 2.88. The maximum absolute atomic E-state index is 12.5. The molecule has 140 valence electrons. The summed E-state index contributed by atoms with van der Waals surface area (Å²) < 4.78 is 15.6. The molecule has 8 heteroatoms. The first kappa shape index (κ1) is 19.8. The van der Waals surface area contributed by atoms with Crippen LogP contribution >= 0.6 is 11.8 Å². The van der Waals surface area contributed by atoms with Gasteiger partial charge in [0.2, 0.25) is 0 Å². The molecule has 1 heterocycles. The molecular formula is C18H21NO6S. The Morgan fingerprint density at radius 2 is 2.00 bits per heavy atom. The fourth-order valence-electron chi connectivity index (χ4n) is 2.20. The van der Waals surface area contributed by atoms with Gasteiger partial charge >= 0.3 is 5.97 Å². The van der Waals surface area contributed by atoms with Crippen LogP contribution in [0.3, 0.4) is 0 Å². The SMILES string of the molecule is CC[C@@H](C)OC(=O)CN1C(=O)S/C(=C/c2cc(OC)ccc2OC)C1=O. The second-order valence-electron chi connectivity index (χ2n) is 5.58. The van der Waals surface area contributed by atoms with E-state index in [1.54, 1.807) is 31.2 Å². The number of carbonyl (C=O) groups excluding carboxylic acids is 3. The van der Waals surface area contributed by atoms with E-state index in [2.05, 4.69) is 0 Å². The van der Waals surface area contributed by atoms with E-state index in [0.717, 1.165) is 16.7 Å². The lowest BCUT2D eigenvalue weighted by molar-refractivity contribution is -0.150. The normalized spacial score (nSPS) is 16.8. The fourth-order valence-corrected chi connectivity index (χ4v) is 3.03. The minimum absolute atomic E-state index is 0.206. The van der Waals surface area contributed by atoms with Gasteiger partial charge in [-0.15, -0.1) is 0 Å². The van der Waals surface area contributed by atoms with Crippen LogP contribution in [0.5, 0.6) is 11.5 Å². The van der Waals surface area contributed by atoms with Gasteiger partial charge in [0.05, 0.1) is 25.2 Å². The smallest absolute Gasteiger partial charge is 0.326 e. The van der Waals surface area contributed by atoms with E-state index in [1.807, 2.05) is 6.92 Å². The van der Waals surface area contributed by atoms with Crippen LogP contribution in [0.1, 0.15) is 25.8 Å². The maximum Gasteiger partial charge on any atom is 0.326 e. The highest BCUT2D eigenvalue weighted by Gasteiger charge is 2.37. The molecule has 1 fully saturated rings. The first-order chi connectivity index (χ1) is 12.4. The number of ether oxygens (including phenoxy) is 3. The summed E-state index contributed by atoms with van der Waals surface area (Å²) in [6, 6.07) is 5.13.